The minimum atomic E-state index is -4.61. The van der Waals surface area contributed by atoms with Crippen molar-refractivity contribution in [2.75, 3.05) is 45.2 Å². The summed E-state index contributed by atoms with van der Waals surface area (Å²) in [5, 5.41) is 10.9. The lowest BCUT2D eigenvalue weighted by Crippen LogP contribution is -2.46. The van der Waals surface area contributed by atoms with Crippen molar-refractivity contribution in [3.05, 3.63) is 53.3 Å². The van der Waals surface area contributed by atoms with Gasteiger partial charge in [0.05, 0.1) is 0 Å². The number of anilines is 1. The molecule has 0 radical (unpaired) electrons. The van der Waals surface area contributed by atoms with E-state index in [-0.39, 0.29) is 11.6 Å². The lowest BCUT2D eigenvalue weighted by atomic mass is 10.1. The summed E-state index contributed by atoms with van der Waals surface area (Å²) in [5.74, 6) is -0.699. The first-order valence-corrected chi connectivity index (χ1v) is 9.80. The summed E-state index contributed by atoms with van der Waals surface area (Å²) < 4.78 is 40.0. The van der Waals surface area contributed by atoms with Crippen LogP contribution in [0.2, 0.25) is 0 Å². The average Bonchev–Trinajstić information content (AvgIpc) is 3.18. The molecule has 1 amide bonds. The maximum atomic E-state index is 13.1. The smallest absolute Gasteiger partial charge is 0.353 e. The number of rotatable bonds is 4. The third kappa shape index (κ3) is 4.46. The average molecular weight is 433 g/mol. The van der Waals surface area contributed by atoms with Gasteiger partial charge >= 0.3 is 6.18 Å². The fourth-order valence-corrected chi connectivity index (χ4v) is 3.53. The highest BCUT2D eigenvalue weighted by atomic mass is 19.4. The predicted molar refractivity (Wildman–Crippen MR) is 108 cm³/mol. The Balaban J connectivity index is 1.39. The van der Waals surface area contributed by atoms with Crippen molar-refractivity contribution >= 4 is 17.4 Å². The van der Waals surface area contributed by atoms with E-state index in [4.69, 9.17) is 0 Å². The number of amides is 1. The maximum absolute atomic E-state index is 13.1. The first-order valence-electron chi connectivity index (χ1n) is 9.80. The molecule has 8 nitrogen and oxygen atoms in total. The second-order valence-electron chi connectivity index (χ2n) is 7.64. The number of halogens is 3. The van der Waals surface area contributed by atoms with Crippen LogP contribution >= 0.6 is 0 Å². The van der Waals surface area contributed by atoms with E-state index in [1.165, 1.54) is 11.0 Å². The standard InChI is InChI=1S/C20H22F3N7O/c1-27(2)18(31)15-5-3-14(4-6-15)13-28-9-11-29(12-10-28)17-8-7-16-24-25-19(20(21,22)23)30(16)26-17/h3-8H,9-13H2,1-2H3. The third-order valence-electron chi connectivity index (χ3n) is 5.21. The Morgan fingerprint density at radius 2 is 1.68 bits per heavy atom. The van der Waals surface area contributed by atoms with E-state index in [1.807, 2.05) is 29.2 Å². The Labute approximate surface area is 176 Å². The monoisotopic (exact) mass is 433 g/mol. The molecule has 0 bridgehead atoms. The molecule has 0 atom stereocenters. The molecule has 1 aliphatic heterocycles. The molecule has 2 aromatic heterocycles. The van der Waals surface area contributed by atoms with Gasteiger partial charge in [-0.25, -0.2) is 0 Å². The van der Waals surface area contributed by atoms with Crippen molar-refractivity contribution in [2.45, 2.75) is 12.7 Å². The van der Waals surface area contributed by atoms with Crippen molar-refractivity contribution in [3.8, 4) is 0 Å². The first kappa shape index (κ1) is 21.0. The van der Waals surface area contributed by atoms with Crippen LogP contribution in [0.15, 0.2) is 36.4 Å². The third-order valence-corrected chi connectivity index (χ3v) is 5.21. The number of hydrogen-bond acceptors (Lipinski definition) is 6. The number of nitrogens with zero attached hydrogens (tertiary/aromatic N) is 7. The lowest BCUT2D eigenvalue weighted by molar-refractivity contribution is -0.146. The number of alkyl halides is 3. The Hall–Kier alpha value is -3.21. The minimum Gasteiger partial charge on any atom is -0.353 e. The molecule has 0 aliphatic carbocycles. The van der Waals surface area contributed by atoms with Gasteiger partial charge < -0.3 is 9.80 Å². The highest BCUT2D eigenvalue weighted by Gasteiger charge is 2.37. The zero-order chi connectivity index (χ0) is 22.2. The Morgan fingerprint density at radius 3 is 2.29 bits per heavy atom. The van der Waals surface area contributed by atoms with Crippen LogP contribution in [0.1, 0.15) is 21.7 Å². The number of piperazine rings is 1. The van der Waals surface area contributed by atoms with Crippen LogP contribution in [0, 0.1) is 0 Å². The summed E-state index contributed by atoms with van der Waals surface area (Å²) in [4.78, 5) is 17.7. The van der Waals surface area contributed by atoms with Gasteiger partial charge in [0.1, 0.15) is 5.82 Å². The van der Waals surface area contributed by atoms with Crippen molar-refractivity contribution in [1.29, 1.82) is 0 Å². The summed E-state index contributed by atoms with van der Waals surface area (Å²) in [6.07, 6.45) is -4.61. The number of hydrogen-bond donors (Lipinski definition) is 0. The molecule has 0 unspecified atom stereocenters. The molecule has 3 aromatic rings. The van der Waals surface area contributed by atoms with Gasteiger partial charge in [-0.1, -0.05) is 12.1 Å². The van der Waals surface area contributed by atoms with Gasteiger partial charge in [-0.05, 0) is 29.8 Å². The number of benzene rings is 1. The van der Waals surface area contributed by atoms with Crippen LogP contribution in [-0.2, 0) is 12.7 Å². The van der Waals surface area contributed by atoms with E-state index < -0.39 is 12.0 Å². The molecule has 1 aliphatic rings. The molecule has 0 saturated carbocycles. The van der Waals surface area contributed by atoms with Gasteiger partial charge in [-0.15, -0.1) is 15.3 Å². The van der Waals surface area contributed by atoms with E-state index >= 15 is 0 Å². The van der Waals surface area contributed by atoms with E-state index in [0.29, 0.717) is 24.5 Å². The number of carbonyl (C=O) groups is 1. The largest absolute Gasteiger partial charge is 0.453 e. The van der Waals surface area contributed by atoms with E-state index in [1.54, 1.807) is 20.2 Å². The molecule has 1 fully saturated rings. The highest BCUT2D eigenvalue weighted by molar-refractivity contribution is 5.93. The molecule has 0 spiro atoms. The van der Waals surface area contributed by atoms with E-state index in [9.17, 15) is 18.0 Å². The number of aromatic nitrogens is 4. The zero-order valence-corrected chi connectivity index (χ0v) is 17.2. The van der Waals surface area contributed by atoms with Gasteiger partial charge in [-0.2, -0.15) is 17.7 Å². The summed E-state index contributed by atoms with van der Waals surface area (Å²) in [6.45, 7) is 3.50. The van der Waals surface area contributed by atoms with Crippen LogP contribution in [0.4, 0.5) is 19.0 Å². The van der Waals surface area contributed by atoms with Crippen LogP contribution in [0.25, 0.3) is 5.65 Å². The van der Waals surface area contributed by atoms with Gasteiger partial charge in [0.15, 0.2) is 5.65 Å². The second kappa shape index (κ2) is 8.14. The Bertz CT molecular complexity index is 1070. The van der Waals surface area contributed by atoms with Crippen LogP contribution in [-0.4, -0.2) is 75.8 Å². The van der Waals surface area contributed by atoms with E-state index in [0.717, 1.165) is 29.7 Å². The summed E-state index contributed by atoms with van der Waals surface area (Å²) in [5.41, 5.74) is 1.81. The molecule has 31 heavy (non-hydrogen) atoms. The SMILES string of the molecule is CN(C)C(=O)c1ccc(CN2CCN(c3ccc4nnc(C(F)(F)F)n4n3)CC2)cc1. The second-order valence-corrected chi connectivity index (χ2v) is 7.64. The normalized spacial score (nSPS) is 15.5. The van der Waals surface area contributed by atoms with Crippen LogP contribution in [0.3, 0.4) is 0 Å². The van der Waals surface area contributed by atoms with Crippen molar-refractivity contribution < 1.29 is 18.0 Å². The fraction of sp³-hybridized carbons (Fsp3) is 0.400. The molecular weight excluding hydrogens is 411 g/mol. The summed E-state index contributed by atoms with van der Waals surface area (Å²) >= 11 is 0. The quantitative estimate of drug-likeness (QED) is 0.628. The number of carbonyl (C=O) groups excluding carboxylic acids is 1. The van der Waals surface area contributed by atoms with Gasteiger partial charge in [-0.3, -0.25) is 9.69 Å². The van der Waals surface area contributed by atoms with Crippen molar-refractivity contribution in [1.82, 2.24) is 29.6 Å². The van der Waals surface area contributed by atoms with E-state index in [2.05, 4.69) is 20.2 Å². The van der Waals surface area contributed by atoms with Crippen LogP contribution < -0.4 is 4.90 Å². The molecule has 3 heterocycles. The predicted octanol–water partition coefficient (Wildman–Crippen LogP) is 2.17. The Kier molecular flexibility index (Phi) is 5.52. The molecule has 4 rings (SSSR count). The lowest BCUT2D eigenvalue weighted by Gasteiger charge is -2.35. The molecule has 1 aromatic carbocycles. The van der Waals surface area contributed by atoms with Crippen LogP contribution in [0.5, 0.6) is 0 Å². The molecule has 0 N–H and O–H groups in total. The summed E-state index contributed by atoms with van der Waals surface area (Å²) in [7, 11) is 3.44. The molecular formula is C20H22F3N7O. The Morgan fingerprint density at radius 1 is 1.00 bits per heavy atom. The van der Waals surface area contributed by atoms with Crippen molar-refractivity contribution in [3.63, 3.8) is 0 Å². The summed E-state index contributed by atoms with van der Waals surface area (Å²) in [6, 6.07) is 10.7. The highest BCUT2D eigenvalue weighted by Crippen LogP contribution is 2.28. The zero-order valence-electron chi connectivity index (χ0n) is 17.2. The molecule has 11 heteroatoms. The topological polar surface area (TPSA) is 69.9 Å². The van der Waals surface area contributed by atoms with Crippen molar-refractivity contribution in [2.24, 2.45) is 0 Å². The maximum Gasteiger partial charge on any atom is 0.453 e. The fourth-order valence-electron chi connectivity index (χ4n) is 3.53. The first-order chi connectivity index (χ1) is 14.7. The van der Waals surface area contributed by atoms with Gasteiger partial charge in [0.2, 0.25) is 0 Å². The molecule has 164 valence electrons. The minimum absolute atomic E-state index is 0.0357. The van der Waals surface area contributed by atoms with Gasteiger partial charge in [0.25, 0.3) is 11.7 Å². The molecule has 1 saturated heterocycles. The number of fused-ring (bicyclic) bond motifs is 1. The van der Waals surface area contributed by atoms with Gasteiger partial charge in [0, 0.05) is 52.4 Å².